The van der Waals surface area contributed by atoms with Gasteiger partial charge in [0, 0.05) is 6.42 Å². The zero-order valence-electron chi connectivity index (χ0n) is 54.7. The molecule has 3 aliphatic rings. The Morgan fingerprint density at radius 2 is 0.716 bits per heavy atom. The molecule has 17 atom stereocenters. The zero-order valence-corrected chi connectivity index (χ0v) is 54.7. The quantitative estimate of drug-likeness (QED) is 0.0199. The molecule has 0 aromatic heterocycles. The molecule has 0 radical (unpaired) electrons. The zero-order chi connectivity index (χ0) is 64.0. The molecule has 0 aromatic rings. The molecule has 19 heteroatoms. The smallest absolute Gasteiger partial charge is 0.220 e. The lowest BCUT2D eigenvalue weighted by Gasteiger charge is -2.48. The molecule has 19 nitrogen and oxygen atoms in total. The van der Waals surface area contributed by atoms with Crippen molar-refractivity contribution in [3.63, 3.8) is 0 Å². The fourth-order valence-corrected chi connectivity index (χ4v) is 12.2. The number of hydrogen-bond donors (Lipinski definition) is 12. The first kappa shape index (κ1) is 80.5. The number of unbranched alkanes of at least 4 members (excludes halogenated alkanes) is 37. The number of nitrogens with one attached hydrogen (secondary N) is 1. The van der Waals surface area contributed by atoms with Gasteiger partial charge < -0.3 is 89.9 Å². The molecule has 3 rings (SSSR count). The Labute approximate surface area is 530 Å². The maximum Gasteiger partial charge on any atom is 0.220 e. The van der Waals surface area contributed by atoms with E-state index in [0.717, 1.165) is 64.2 Å². The third kappa shape index (κ3) is 33.4. The van der Waals surface area contributed by atoms with E-state index < -0.39 is 124 Å². The molecule has 0 saturated carbocycles. The highest BCUT2D eigenvalue weighted by molar-refractivity contribution is 5.76. The summed E-state index contributed by atoms with van der Waals surface area (Å²) in [4.78, 5) is 13.3. The minimum Gasteiger partial charge on any atom is -0.394 e. The molecule has 0 aromatic carbocycles. The second kappa shape index (κ2) is 51.7. The van der Waals surface area contributed by atoms with Crippen molar-refractivity contribution in [2.75, 3.05) is 26.4 Å². The predicted molar refractivity (Wildman–Crippen MR) is 342 cm³/mol. The van der Waals surface area contributed by atoms with Gasteiger partial charge in [-0.1, -0.05) is 250 Å². The predicted octanol–water partition coefficient (Wildman–Crippen LogP) is 9.44. The highest BCUT2D eigenvalue weighted by atomic mass is 16.8. The molecule has 12 N–H and O–H groups in total. The Hall–Kier alpha value is -1.73. The SMILES string of the molecule is CCCCCC/C=C\CCCCCCCC(=O)NC(COC1OC(CO)C(OC2OC(CO)C(OC3OC(CO)C(O)C(O)C3O)C(O)C2O)C(O)C1O)C(O)/C=C/CCCCCCCCCCCCCCCCCCCCCCCCCCCCCC. The van der Waals surface area contributed by atoms with Crippen molar-refractivity contribution >= 4 is 5.91 Å². The van der Waals surface area contributed by atoms with Crippen molar-refractivity contribution in [1.82, 2.24) is 5.32 Å². The van der Waals surface area contributed by atoms with Crippen LogP contribution < -0.4 is 5.32 Å². The lowest BCUT2D eigenvalue weighted by molar-refractivity contribution is -0.379. The van der Waals surface area contributed by atoms with Crippen molar-refractivity contribution in [2.24, 2.45) is 0 Å². The van der Waals surface area contributed by atoms with Gasteiger partial charge in [0.05, 0.1) is 38.6 Å². The average molecular weight is 1260 g/mol. The number of hydrogen-bond acceptors (Lipinski definition) is 18. The number of aliphatic hydroxyl groups is 11. The summed E-state index contributed by atoms with van der Waals surface area (Å²) < 4.78 is 34.3. The second-order valence-electron chi connectivity index (χ2n) is 25.7. The number of carbonyl (C=O) groups excluding carboxylic acids is 1. The van der Waals surface area contributed by atoms with E-state index in [2.05, 4.69) is 31.3 Å². The normalized spacial score (nSPS) is 28.5. The Morgan fingerprint density at radius 1 is 0.398 bits per heavy atom. The molecule has 3 saturated heterocycles. The van der Waals surface area contributed by atoms with Crippen LogP contribution in [0.25, 0.3) is 0 Å². The van der Waals surface area contributed by atoms with Gasteiger partial charge in [0.25, 0.3) is 0 Å². The first-order valence-corrected chi connectivity index (χ1v) is 35.6. The van der Waals surface area contributed by atoms with Gasteiger partial charge in [0.2, 0.25) is 5.91 Å². The highest BCUT2D eigenvalue weighted by Crippen LogP contribution is 2.33. The largest absolute Gasteiger partial charge is 0.394 e. The van der Waals surface area contributed by atoms with Crippen molar-refractivity contribution in [3.8, 4) is 0 Å². The summed E-state index contributed by atoms with van der Waals surface area (Å²) in [6.45, 7) is 1.73. The minimum atomic E-state index is -1.98. The van der Waals surface area contributed by atoms with Crippen LogP contribution in [-0.2, 0) is 33.2 Å². The number of carbonyl (C=O) groups is 1. The molecule has 3 fully saturated rings. The summed E-state index contributed by atoms with van der Waals surface area (Å²) in [6, 6.07) is -0.975. The fraction of sp³-hybridized carbons (Fsp3) is 0.928. The monoisotopic (exact) mass is 1260 g/mol. The minimum absolute atomic E-state index is 0.235. The van der Waals surface area contributed by atoms with Crippen molar-refractivity contribution in [3.05, 3.63) is 24.3 Å². The van der Waals surface area contributed by atoms with Crippen LogP contribution in [0.2, 0.25) is 0 Å². The van der Waals surface area contributed by atoms with Crippen LogP contribution >= 0.6 is 0 Å². The van der Waals surface area contributed by atoms with Crippen LogP contribution in [0.5, 0.6) is 0 Å². The fourth-order valence-electron chi connectivity index (χ4n) is 12.2. The van der Waals surface area contributed by atoms with Gasteiger partial charge in [0.15, 0.2) is 18.9 Å². The van der Waals surface area contributed by atoms with Gasteiger partial charge in [-0.05, 0) is 44.9 Å². The summed E-state index contributed by atoms with van der Waals surface area (Å²) in [5, 5.41) is 120. The average Bonchev–Trinajstić information content (AvgIpc) is 1.80. The summed E-state index contributed by atoms with van der Waals surface area (Å²) in [6.07, 6.45) is 31.8. The Bertz CT molecular complexity index is 1690. The number of allylic oxidation sites excluding steroid dienone is 3. The lowest BCUT2D eigenvalue weighted by atomic mass is 9.96. The molecule has 3 aliphatic heterocycles. The van der Waals surface area contributed by atoms with Gasteiger partial charge in [-0.25, -0.2) is 0 Å². The molecular weight excluding hydrogens is 1130 g/mol. The molecule has 518 valence electrons. The molecule has 0 spiro atoms. The van der Waals surface area contributed by atoms with Crippen LogP contribution in [0.15, 0.2) is 24.3 Å². The number of ether oxygens (including phenoxy) is 6. The molecule has 0 bridgehead atoms. The third-order valence-corrected chi connectivity index (χ3v) is 18.0. The van der Waals surface area contributed by atoms with Gasteiger partial charge in [-0.2, -0.15) is 0 Å². The van der Waals surface area contributed by atoms with Crippen molar-refractivity contribution < 1.29 is 89.4 Å². The molecule has 17 unspecified atom stereocenters. The van der Waals surface area contributed by atoms with Gasteiger partial charge in [-0.15, -0.1) is 0 Å². The van der Waals surface area contributed by atoms with Gasteiger partial charge in [0.1, 0.15) is 73.2 Å². The van der Waals surface area contributed by atoms with Gasteiger partial charge in [-0.3, -0.25) is 4.79 Å². The number of rotatable bonds is 55. The first-order chi connectivity index (χ1) is 42.8. The van der Waals surface area contributed by atoms with E-state index >= 15 is 0 Å². The van der Waals surface area contributed by atoms with Crippen LogP contribution in [0.4, 0.5) is 0 Å². The van der Waals surface area contributed by atoms with E-state index in [1.54, 1.807) is 6.08 Å². The summed E-state index contributed by atoms with van der Waals surface area (Å²) in [5.41, 5.74) is 0. The summed E-state index contributed by atoms with van der Waals surface area (Å²) in [7, 11) is 0. The highest BCUT2D eigenvalue weighted by Gasteiger charge is 2.53. The van der Waals surface area contributed by atoms with E-state index in [1.807, 2.05) is 6.08 Å². The Morgan fingerprint density at radius 3 is 1.11 bits per heavy atom. The first-order valence-electron chi connectivity index (χ1n) is 35.6. The second-order valence-corrected chi connectivity index (χ2v) is 25.7. The maximum absolute atomic E-state index is 13.3. The number of aliphatic hydroxyl groups excluding tert-OH is 11. The lowest BCUT2D eigenvalue weighted by Crippen LogP contribution is -2.66. The van der Waals surface area contributed by atoms with Crippen LogP contribution in [0, 0.1) is 0 Å². The number of amides is 1. The van der Waals surface area contributed by atoms with Crippen LogP contribution in [0.1, 0.15) is 277 Å². The van der Waals surface area contributed by atoms with E-state index in [0.29, 0.717) is 6.42 Å². The molecule has 1 amide bonds. The molecule has 3 heterocycles. The van der Waals surface area contributed by atoms with E-state index in [1.165, 1.54) is 186 Å². The molecular formula is C69H129NO18. The van der Waals surface area contributed by atoms with E-state index in [-0.39, 0.29) is 18.9 Å². The molecule has 0 aliphatic carbocycles. The van der Waals surface area contributed by atoms with Crippen molar-refractivity contribution in [1.29, 1.82) is 0 Å². The third-order valence-electron chi connectivity index (χ3n) is 18.0. The Kier molecular flexibility index (Phi) is 47.3. The van der Waals surface area contributed by atoms with Crippen LogP contribution in [0.3, 0.4) is 0 Å². The summed E-state index contributed by atoms with van der Waals surface area (Å²) in [5.74, 6) is -0.283. The maximum atomic E-state index is 13.3. The van der Waals surface area contributed by atoms with Crippen molar-refractivity contribution in [2.45, 2.75) is 381 Å². The summed E-state index contributed by atoms with van der Waals surface area (Å²) >= 11 is 0. The van der Waals surface area contributed by atoms with E-state index in [4.69, 9.17) is 28.4 Å². The topological polar surface area (TPSA) is 307 Å². The Balaban J connectivity index is 1.39. The van der Waals surface area contributed by atoms with Crippen LogP contribution in [-0.4, -0.2) is 193 Å². The van der Waals surface area contributed by atoms with Gasteiger partial charge >= 0.3 is 0 Å². The van der Waals surface area contributed by atoms with E-state index in [9.17, 15) is 61.0 Å². The molecule has 88 heavy (non-hydrogen) atoms. The standard InChI is InChI=1S/C69H129NO18/c1-3-5-7-9-11-13-15-17-18-19-20-21-22-23-24-25-26-27-28-29-30-31-32-33-35-36-38-40-42-44-46-53(74)52(70-57(75)47-45-43-41-39-37-34-16-14-12-10-8-6-4-2)51-83-67-63(81)60(78)65(55(49-72)85-67)88-69-64(82)61(79)66(56(50-73)86-69)87-68-62(80)59(77)58(76)54(48-71)84-68/h14,16,44,46,52-56,58-69,71-74,76-82H,3-13,15,17-43,45,47-51H2,1-2H3,(H,70,75)/b16-14-,46-44+.